The predicted octanol–water partition coefficient (Wildman–Crippen LogP) is 4.88. The second kappa shape index (κ2) is 11.3. The zero-order valence-electron chi connectivity index (χ0n) is 18.1. The monoisotopic (exact) mass is 420 g/mol. The van der Waals surface area contributed by atoms with Gasteiger partial charge in [0.05, 0.1) is 25.6 Å². The summed E-state index contributed by atoms with van der Waals surface area (Å²) in [7, 11) is 1.36. The maximum Gasteiger partial charge on any atom is 0.307 e. The van der Waals surface area contributed by atoms with E-state index in [9.17, 15) is 9.59 Å². The molecule has 5 heteroatoms. The lowest BCUT2D eigenvalue weighted by molar-refractivity contribution is -0.140. The first kappa shape index (κ1) is 22.6. The number of hydrogen-bond donors (Lipinski definition) is 0. The molecule has 0 aliphatic heterocycles. The molecular weight excluding hydrogens is 392 g/mol. The van der Waals surface area contributed by atoms with Gasteiger partial charge < -0.3 is 14.2 Å². The number of methoxy groups -OCH3 is 1. The highest BCUT2D eigenvalue weighted by Crippen LogP contribution is 2.25. The van der Waals surface area contributed by atoms with Gasteiger partial charge in [0, 0.05) is 11.1 Å². The van der Waals surface area contributed by atoms with Crippen molar-refractivity contribution in [3.63, 3.8) is 0 Å². The van der Waals surface area contributed by atoms with Gasteiger partial charge in [0.2, 0.25) is 0 Å². The molecular formula is C26H28O5. The molecule has 3 rings (SSSR count). The smallest absolute Gasteiger partial charge is 0.307 e. The molecule has 0 spiro atoms. The first-order valence-corrected chi connectivity index (χ1v) is 10.6. The van der Waals surface area contributed by atoms with E-state index in [1.807, 2.05) is 30.3 Å². The van der Waals surface area contributed by atoms with Crippen molar-refractivity contribution in [1.29, 1.82) is 0 Å². The van der Waals surface area contributed by atoms with Crippen molar-refractivity contribution in [1.82, 2.24) is 0 Å². The van der Waals surface area contributed by atoms with Crippen LogP contribution in [0.3, 0.4) is 0 Å². The van der Waals surface area contributed by atoms with Crippen LogP contribution in [0.4, 0.5) is 0 Å². The van der Waals surface area contributed by atoms with E-state index in [2.05, 4.69) is 11.8 Å². The van der Waals surface area contributed by atoms with Crippen molar-refractivity contribution >= 4 is 11.8 Å². The summed E-state index contributed by atoms with van der Waals surface area (Å²) in [5.74, 6) is 6.20. The minimum absolute atomic E-state index is 0.0144. The van der Waals surface area contributed by atoms with Gasteiger partial charge in [-0.15, -0.1) is 0 Å². The molecule has 0 unspecified atom stereocenters. The highest BCUT2D eigenvalue weighted by atomic mass is 16.7. The van der Waals surface area contributed by atoms with E-state index >= 15 is 0 Å². The molecule has 2 aromatic rings. The summed E-state index contributed by atoms with van der Waals surface area (Å²) in [6, 6.07) is 14.7. The maximum absolute atomic E-state index is 12.0. The SMILES string of the molecule is COC(=O)C[C@H](C#Cc1cccc(C(C)=O)c1)c1cccc(OCOC2CCCC2)c1. The normalized spacial score (nSPS) is 14.4. The fourth-order valence-electron chi connectivity index (χ4n) is 3.56. The molecule has 0 aromatic heterocycles. The second-order valence-corrected chi connectivity index (χ2v) is 7.65. The van der Waals surface area contributed by atoms with Crippen molar-refractivity contribution < 1.29 is 23.8 Å². The zero-order chi connectivity index (χ0) is 22.1. The molecule has 5 nitrogen and oxygen atoms in total. The molecule has 0 heterocycles. The Morgan fingerprint density at radius 3 is 2.61 bits per heavy atom. The maximum atomic E-state index is 12.0. The number of ketones is 1. The largest absolute Gasteiger partial charge is 0.469 e. The Labute approximate surface area is 183 Å². The Morgan fingerprint density at radius 1 is 1.10 bits per heavy atom. The van der Waals surface area contributed by atoms with Crippen LogP contribution in [0.2, 0.25) is 0 Å². The molecule has 0 radical (unpaired) electrons. The van der Waals surface area contributed by atoms with E-state index < -0.39 is 0 Å². The van der Waals surface area contributed by atoms with E-state index in [-0.39, 0.29) is 37.0 Å². The zero-order valence-corrected chi connectivity index (χ0v) is 18.1. The van der Waals surface area contributed by atoms with Crippen LogP contribution >= 0.6 is 0 Å². The van der Waals surface area contributed by atoms with E-state index in [0.717, 1.165) is 24.0 Å². The van der Waals surface area contributed by atoms with E-state index in [4.69, 9.17) is 14.2 Å². The number of hydrogen-bond acceptors (Lipinski definition) is 5. The van der Waals surface area contributed by atoms with Gasteiger partial charge in [0.1, 0.15) is 5.75 Å². The Balaban J connectivity index is 1.75. The van der Waals surface area contributed by atoms with Gasteiger partial charge in [-0.2, -0.15) is 0 Å². The average molecular weight is 421 g/mol. The highest BCUT2D eigenvalue weighted by Gasteiger charge is 2.17. The van der Waals surface area contributed by atoms with Gasteiger partial charge in [0.15, 0.2) is 12.6 Å². The Morgan fingerprint density at radius 2 is 1.87 bits per heavy atom. The highest BCUT2D eigenvalue weighted by molar-refractivity contribution is 5.94. The quantitative estimate of drug-likeness (QED) is 0.264. The minimum atomic E-state index is -0.368. The van der Waals surface area contributed by atoms with Crippen molar-refractivity contribution in [2.45, 2.75) is 51.0 Å². The van der Waals surface area contributed by atoms with Gasteiger partial charge in [-0.05, 0) is 49.6 Å². The van der Waals surface area contributed by atoms with Crippen molar-refractivity contribution in [3.05, 3.63) is 65.2 Å². The molecule has 0 amide bonds. The van der Waals surface area contributed by atoms with Gasteiger partial charge in [-0.1, -0.05) is 48.9 Å². The van der Waals surface area contributed by atoms with Gasteiger partial charge in [0.25, 0.3) is 0 Å². The summed E-state index contributed by atoms with van der Waals surface area (Å²) in [5.41, 5.74) is 2.19. The molecule has 1 aliphatic carbocycles. The molecule has 0 N–H and O–H groups in total. The van der Waals surface area contributed by atoms with Crippen molar-refractivity contribution in [2.75, 3.05) is 13.9 Å². The molecule has 0 saturated heterocycles. The lowest BCUT2D eigenvalue weighted by Crippen LogP contribution is -2.12. The minimum Gasteiger partial charge on any atom is -0.469 e. The van der Waals surface area contributed by atoms with Crippen LogP contribution in [0, 0.1) is 11.8 Å². The molecule has 1 fully saturated rings. The predicted molar refractivity (Wildman–Crippen MR) is 118 cm³/mol. The molecule has 1 saturated carbocycles. The standard InChI is InChI=1S/C26H28O5/c1-19(27)21-8-5-7-20(15-21)13-14-23(17-26(28)29-2)22-9-6-12-25(16-22)31-18-30-24-10-3-4-11-24/h5-9,12,15-16,23-24H,3-4,10-11,17-18H2,1-2H3/t23-/m0/s1. The first-order chi connectivity index (χ1) is 15.0. The summed E-state index contributed by atoms with van der Waals surface area (Å²) < 4.78 is 16.4. The molecule has 0 bridgehead atoms. The summed E-state index contributed by atoms with van der Waals surface area (Å²) >= 11 is 0. The third-order valence-corrected chi connectivity index (χ3v) is 5.35. The molecule has 162 valence electrons. The Hall–Kier alpha value is -3.10. The molecule has 1 atom stereocenters. The lowest BCUT2D eigenvalue weighted by atomic mass is 9.95. The van der Waals surface area contributed by atoms with E-state index in [1.54, 1.807) is 18.2 Å². The fraction of sp³-hybridized carbons (Fsp3) is 0.385. The number of carbonyl (C=O) groups excluding carboxylic acids is 2. The summed E-state index contributed by atoms with van der Waals surface area (Å²) in [6.45, 7) is 1.73. The van der Waals surface area contributed by atoms with Crippen LogP contribution in [0.1, 0.15) is 66.4 Å². The van der Waals surface area contributed by atoms with E-state index in [0.29, 0.717) is 11.3 Å². The molecule has 31 heavy (non-hydrogen) atoms. The number of benzene rings is 2. The first-order valence-electron chi connectivity index (χ1n) is 10.6. The van der Waals surface area contributed by atoms with Crippen LogP contribution in [0.15, 0.2) is 48.5 Å². The number of Topliss-reactive ketones (excluding diaryl/α,β-unsaturated/α-hetero) is 1. The van der Waals surface area contributed by atoms with Crippen LogP contribution in [-0.2, 0) is 14.3 Å². The summed E-state index contributed by atoms with van der Waals surface area (Å²) in [5, 5.41) is 0. The average Bonchev–Trinajstić information content (AvgIpc) is 3.30. The van der Waals surface area contributed by atoms with Gasteiger partial charge in [-0.25, -0.2) is 0 Å². The third kappa shape index (κ3) is 6.97. The van der Waals surface area contributed by atoms with Crippen LogP contribution in [0.25, 0.3) is 0 Å². The lowest BCUT2D eigenvalue weighted by Gasteiger charge is -2.14. The Bertz CT molecular complexity index is 963. The van der Waals surface area contributed by atoms with Crippen LogP contribution in [-0.4, -0.2) is 31.8 Å². The van der Waals surface area contributed by atoms with Crippen molar-refractivity contribution in [3.8, 4) is 17.6 Å². The fourth-order valence-corrected chi connectivity index (χ4v) is 3.56. The van der Waals surface area contributed by atoms with Crippen molar-refractivity contribution in [2.24, 2.45) is 0 Å². The number of ether oxygens (including phenoxy) is 3. The third-order valence-electron chi connectivity index (χ3n) is 5.35. The topological polar surface area (TPSA) is 61.8 Å². The van der Waals surface area contributed by atoms with Gasteiger partial charge >= 0.3 is 5.97 Å². The van der Waals surface area contributed by atoms with Crippen LogP contribution < -0.4 is 4.74 Å². The summed E-state index contributed by atoms with van der Waals surface area (Å²) in [6.07, 6.45) is 5.01. The Kier molecular flexibility index (Phi) is 8.26. The number of carbonyl (C=O) groups is 2. The molecule has 2 aromatic carbocycles. The number of esters is 1. The number of rotatable bonds is 8. The van der Waals surface area contributed by atoms with Crippen LogP contribution in [0.5, 0.6) is 5.75 Å². The van der Waals surface area contributed by atoms with E-state index in [1.165, 1.54) is 26.9 Å². The van der Waals surface area contributed by atoms with Gasteiger partial charge in [-0.3, -0.25) is 9.59 Å². The molecule has 1 aliphatic rings. The second-order valence-electron chi connectivity index (χ2n) is 7.65. The summed E-state index contributed by atoms with van der Waals surface area (Å²) in [4.78, 5) is 23.6.